The van der Waals surface area contributed by atoms with Crippen LogP contribution in [-0.2, 0) is 20.7 Å². The second kappa shape index (κ2) is 8.86. The molecule has 1 aromatic carbocycles. The van der Waals surface area contributed by atoms with Gasteiger partial charge in [-0.25, -0.2) is 4.98 Å². The van der Waals surface area contributed by atoms with E-state index in [1.807, 2.05) is 17.5 Å². The molecule has 0 saturated carbocycles. The molecule has 156 valence electrons. The fraction of sp³-hybridized carbons (Fsp3) is 0.316. The molecule has 0 spiro atoms. The van der Waals surface area contributed by atoms with E-state index in [9.17, 15) is 9.59 Å². The number of ether oxygens (including phenoxy) is 2. The number of rotatable bonds is 7. The number of benzene rings is 1. The Morgan fingerprint density at radius 1 is 1.37 bits per heavy atom. The molecule has 2 amide bonds. The molecular weight excluding hydrogens is 426 g/mol. The molecule has 1 aliphatic rings. The van der Waals surface area contributed by atoms with Crippen LogP contribution < -0.4 is 15.0 Å². The SMILES string of the molecule is COCCc1nc(-c2ccc3c(c2)N(CC(=O)Nc2nnc(C)s2)C(=O)CO3)cs1. The Morgan fingerprint density at radius 3 is 3.00 bits per heavy atom. The van der Waals surface area contributed by atoms with Gasteiger partial charge >= 0.3 is 0 Å². The van der Waals surface area contributed by atoms with Gasteiger partial charge in [0, 0.05) is 24.5 Å². The van der Waals surface area contributed by atoms with Crippen molar-refractivity contribution in [1.82, 2.24) is 15.2 Å². The van der Waals surface area contributed by atoms with Crippen LogP contribution in [0.5, 0.6) is 5.75 Å². The van der Waals surface area contributed by atoms with Crippen LogP contribution >= 0.6 is 22.7 Å². The van der Waals surface area contributed by atoms with E-state index in [0.717, 1.165) is 27.7 Å². The van der Waals surface area contributed by atoms with E-state index >= 15 is 0 Å². The summed E-state index contributed by atoms with van der Waals surface area (Å²) >= 11 is 2.83. The van der Waals surface area contributed by atoms with E-state index in [1.165, 1.54) is 16.2 Å². The predicted octanol–water partition coefficient (Wildman–Crippen LogP) is 2.52. The molecule has 0 fully saturated rings. The van der Waals surface area contributed by atoms with E-state index in [-0.39, 0.29) is 25.0 Å². The van der Waals surface area contributed by atoms with Crippen molar-refractivity contribution in [2.75, 3.05) is 37.1 Å². The summed E-state index contributed by atoms with van der Waals surface area (Å²) in [6.07, 6.45) is 0.741. The van der Waals surface area contributed by atoms with Crippen molar-refractivity contribution in [3.05, 3.63) is 33.6 Å². The lowest BCUT2D eigenvalue weighted by Gasteiger charge is -2.29. The first kappa shape index (κ1) is 20.4. The Labute approximate surface area is 180 Å². The van der Waals surface area contributed by atoms with Gasteiger partial charge in [0.2, 0.25) is 11.0 Å². The lowest BCUT2D eigenvalue weighted by atomic mass is 10.1. The minimum absolute atomic E-state index is 0.116. The van der Waals surface area contributed by atoms with E-state index in [2.05, 4.69) is 20.5 Å². The highest BCUT2D eigenvalue weighted by Gasteiger charge is 2.28. The normalized spacial score (nSPS) is 13.1. The fourth-order valence-corrected chi connectivity index (χ4v) is 4.33. The van der Waals surface area contributed by atoms with Gasteiger partial charge in [-0.1, -0.05) is 11.3 Å². The third-order valence-corrected chi connectivity index (χ3v) is 6.01. The summed E-state index contributed by atoms with van der Waals surface area (Å²) in [4.78, 5) is 31.0. The molecular formula is C19H19N5O4S2. The molecule has 1 N–H and O–H groups in total. The largest absolute Gasteiger partial charge is 0.482 e. The number of anilines is 2. The van der Waals surface area contributed by atoms with E-state index in [1.54, 1.807) is 31.4 Å². The highest BCUT2D eigenvalue weighted by molar-refractivity contribution is 7.15. The zero-order chi connectivity index (χ0) is 21.1. The van der Waals surface area contributed by atoms with Crippen molar-refractivity contribution in [1.29, 1.82) is 0 Å². The molecule has 0 saturated heterocycles. The summed E-state index contributed by atoms with van der Waals surface area (Å²) in [5.74, 6) is -0.0942. The zero-order valence-electron chi connectivity index (χ0n) is 16.4. The quantitative estimate of drug-likeness (QED) is 0.595. The minimum Gasteiger partial charge on any atom is -0.482 e. The van der Waals surface area contributed by atoms with E-state index in [0.29, 0.717) is 23.2 Å². The molecule has 0 radical (unpaired) electrons. The molecule has 9 nitrogen and oxygen atoms in total. The first-order valence-corrected chi connectivity index (χ1v) is 10.8. The van der Waals surface area contributed by atoms with Crippen LogP contribution in [0.1, 0.15) is 10.0 Å². The number of hydrogen-bond acceptors (Lipinski definition) is 9. The van der Waals surface area contributed by atoms with Crippen molar-refractivity contribution in [2.45, 2.75) is 13.3 Å². The number of nitrogens with zero attached hydrogens (tertiary/aromatic N) is 4. The summed E-state index contributed by atoms with van der Waals surface area (Å²) < 4.78 is 10.6. The number of thiazole rings is 1. The molecule has 0 aliphatic carbocycles. The van der Waals surface area contributed by atoms with Crippen molar-refractivity contribution in [3.8, 4) is 17.0 Å². The Morgan fingerprint density at radius 2 is 2.23 bits per heavy atom. The van der Waals surface area contributed by atoms with Crippen molar-refractivity contribution in [3.63, 3.8) is 0 Å². The van der Waals surface area contributed by atoms with Crippen LogP contribution in [0.3, 0.4) is 0 Å². The predicted molar refractivity (Wildman–Crippen MR) is 114 cm³/mol. The van der Waals surface area contributed by atoms with Gasteiger partial charge in [-0.15, -0.1) is 21.5 Å². The van der Waals surface area contributed by atoms with Gasteiger partial charge in [-0.2, -0.15) is 0 Å². The second-order valence-electron chi connectivity index (χ2n) is 6.49. The summed E-state index contributed by atoms with van der Waals surface area (Å²) in [5.41, 5.74) is 2.19. The molecule has 0 atom stereocenters. The third-order valence-electron chi connectivity index (χ3n) is 4.34. The highest BCUT2D eigenvalue weighted by atomic mass is 32.1. The molecule has 3 heterocycles. The molecule has 2 aromatic heterocycles. The number of carbonyl (C=O) groups excluding carboxylic acids is 2. The van der Waals surface area contributed by atoms with Crippen LogP contribution in [0.4, 0.5) is 10.8 Å². The molecule has 3 aromatic rings. The topological polar surface area (TPSA) is 107 Å². The Kier molecular flexibility index (Phi) is 6.02. The molecule has 30 heavy (non-hydrogen) atoms. The number of fused-ring (bicyclic) bond motifs is 1. The lowest BCUT2D eigenvalue weighted by Crippen LogP contribution is -2.43. The lowest BCUT2D eigenvalue weighted by molar-refractivity contribution is -0.123. The summed E-state index contributed by atoms with van der Waals surface area (Å²) in [7, 11) is 1.66. The third kappa shape index (κ3) is 4.48. The average molecular weight is 446 g/mol. The Hall–Kier alpha value is -2.89. The first-order chi connectivity index (χ1) is 14.5. The number of nitrogens with one attached hydrogen (secondary N) is 1. The standard InChI is InChI=1S/C19H19N5O4S2/c1-11-22-23-19(30-11)21-16(25)8-24-14-7-12(3-4-15(14)28-9-18(24)26)13-10-29-17(20-13)5-6-27-2/h3-4,7,10H,5-6,8-9H2,1-2H3,(H,21,23,25). The van der Waals surface area contributed by atoms with Gasteiger partial charge in [0.15, 0.2) is 6.61 Å². The monoisotopic (exact) mass is 445 g/mol. The number of amides is 2. The molecule has 11 heteroatoms. The van der Waals surface area contributed by atoms with E-state index in [4.69, 9.17) is 9.47 Å². The van der Waals surface area contributed by atoms with Crippen molar-refractivity contribution >= 4 is 45.3 Å². The zero-order valence-corrected chi connectivity index (χ0v) is 18.0. The fourth-order valence-electron chi connectivity index (χ4n) is 2.93. The number of hydrogen-bond donors (Lipinski definition) is 1. The highest BCUT2D eigenvalue weighted by Crippen LogP contribution is 2.36. The van der Waals surface area contributed by atoms with Gasteiger partial charge in [0.05, 0.1) is 23.0 Å². The second-order valence-corrected chi connectivity index (χ2v) is 8.62. The van der Waals surface area contributed by atoms with Crippen LogP contribution in [0, 0.1) is 6.92 Å². The van der Waals surface area contributed by atoms with Crippen molar-refractivity contribution < 1.29 is 19.1 Å². The maximum absolute atomic E-state index is 12.5. The smallest absolute Gasteiger partial charge is 0.265 e. The summed E-state index contributed by atoms with van der Waals surface area (Å²) in [6, 6.07) is 5.51. The van der Waals surface area contributed by atoms with Crippen LogP contribution in [0.15, 0.2) is 23.6 Å². The number of aromatic nitrogens is 3. The minimum atomic E-state index is -0.353. The molecule has 0 bridgehead atoms. The average Bonchev–Trinajstić information content (AvgIpc) is 3.37. The first-order valence-electron chi connectivity index (χ1n) is 9.14. The summed E-state index contributed by atoms with van der Waals surface area (Å²) in [6.45, 7) is 2.15. The Bertz CT molecular complexity index is 1080. The molecule has 1 aliphatic heterocycles. The molecule has 4 rings (SSSR count). The summed E-state index contributed by atoms with van der Waals surface area (Å²) in [5, 5.41) is 14.5. The van der Waals surface area contributed by atoms with Crippen LogP contribution in [0.2, 0.25) is 0 Å². The maximum atomic E-state index is 12.5. The van der Waals surface area contributed by atoms with Gasteiger partial charge < -0.3 is 9.47 Å². The van der Waals surface area contributed by atoms with Crippen LogP contribution in [-0.4, -0.2) is 53.9 Å². The van der Waals surface area contributed by atoms with Gasteiger partial charge in [0.25, 0.3) is 5.91 Å². The number of methoxy groups -OCH3 is 1. The number of aryl methyl sites for hydroxylation is 1. The Balaban J connectivity index is 1.55. The maximum Gasteiger partial charge on any atom is 0.265 e. The van der Waals surface area contributed by atoms with Crippen LogP contribution in [0.25, 0.3) is 11.3 Å². The van der Waals surface area contributed by atoms with E-state index < -0.39 is 0 Å². The van der Waals surface area contributed by atoms with Gasteiger partial charge in [-0.05, 0) is 25.1 Å². The molecule has 0 unspecified atom stereocenters. The van der Waals surface area contributed by atoms with Gasteiger partial charge in [-0.3, -0.25) is 19.8 Å². The van der Waals surface area contributed by atoms with Gasteiger partial charge in [0.1, 0.15) is 17.3 Å². The van der Waals surface area contributed by atoms with Crippen molar-refractivity contribution in [2.24, 2.45) is 0 Å². The number of carbonyl (C=O) groups is 2.